The number of aryl methyl sites for hydroxylation is 1. The van der Waals surface area contributed by atoms with E-state index < -0.39 is 5.82 Å². The molecule has 2 heterocycles. The van der Waals surface area contributed by atoms with E-state index in [0.29, 0.717) is 23.2 Å². The minimum absolute atomic E-state index is 0.185. The van der Waals surface area contributed by atoms with Crippen molar-refractivity contribution >= 4 is 17.3 Å². The summed E-state index contributed by atoms with van der Waals surface area (Å²) in [6.07, 6.45) is 2.46. The molecule has 0 amide bonds. The molecule has 7 heteroatoms. The Bertz CT molecular complexity index is 855. The highest BCUT2D eigenvalue weighted by molar-refractivity contribution is 7.04. The normalized spacial score (nSPS) is 10.9. The molecule has 118 valence electrons. The number of aromatic nitrogens is 4. The second-order valence-corrected chi connectivity index (χ2v) is 5.81. The first-order valence-electron chi connectivity index (χ1n) is 7.21. The maximum atomic E-state index is 13.4. The fourth-order valence-electron chi connectivity index (χ4n) is 2.39. The van der Waals surface area contributed by atoms with Crippen LogP contribution in [0.1, 0.15) is 35.5 Å². The monoisotopic (exact) mass is 330 g/mol. The number of Topliss-reactive ketones (excluding diaryl/α,β-unsaturated/α-hetero) is 1. The van der Waals surface area contributed by atoms with Gasteiger partial charge >= 0.3 is 0 Å². The lowest BCUT2D eigenvalue weighted by molar-refractivity contribution is 0.101. The van der Waals surface area contributed by atoms with E-state index in [1.54, 1.807) is 10.7 Å². The minimum atomic E-state index is -0.429. The number of halogens is 1. The molecular weight excluding hydrogens is 315 g/mol. The van der Waals surface area contributed by atoms with Crippen molar-refractivity contribution in [1.29, 1.82) is 0 Å². The summed E-state index contributed by atoms with van der Waals surface area (Å²) in [7, 11) is 0. The molecule has 0 spiro atoms. The molecule has 0 unspecified atom stereocenters. The summed E-state index contributed by atoms with van der Waals surface area (Å²) in [6.45, 7) is 4.18. The molecule has 3 rings (SSSR count). The van der Waals surface area contributed by atoms with Crippen molar-refractivity contribution in [3.8, 4) is 11.3 Å². The van der Waals surface area contributed by atoms with Gasteiger partial charge in [-0.3, -0.25) is 9.48 Å². The maximum absolute atomic E-state index is 13.4. The van der Waals surface area contributed by atoms with Crippen LogP contribution in [-0.4, -0.2) is 25.2 Å². The van der Waals surface area contributed by atoms with E-state index in [2.05, 4.69) is 14.7 Å². The van der Waals surface area contributed by atoms with Crippen molar-refractivity contribution in [1.82, 2.24) is 19.4 Å². The van der Waals surface area contributed by atoms with E-state index in [9.17, 15) is 9.18 Å². The molecule has 1 aromatic carbocycles. The molecule has 2 aromatic heterocycles. The van der Waals surface area contributed by atoms with E-state index in [1.807, 2.05) is 18.5 Å². The zero-order valence-electron chi connectivity index (χ0n) is 12.8. The first-order chi connectivity index (χ1) is 11.1. The lowest BCUT2D eigenvalue weighted by atomic mass is 9.98. The number of rotatable bonds is 5. The van der Waals surface area contributed by atoms with E-state index >= 15 is 0 Å². The van der Waals surface area contributed by atoms with E-state index in [4.69, 9.17) is 0 Å². The third kappa shape index (κ3) is 3.19. The van der Waals surface area contributed by atoms with Gasteiger partial charge in [-0.05, 0) is 49.1 Å². The van der Waals surface area contributed by atoms with Gasteiger partial charge in [-0.15, -0.1) is 5.10 Å². The number of ketones is 1. The second kappa shape index (κ2) is 6.37. The van der Waals surface area contributed by atoms with Gasteiger partial charge in [0.25, 0.3) is 0 Å². The van der Waals surface area contributed by atoms with Gasteiger partial charge in [-0.2, -0.15) is 4.37 Å². The molecule has 0 saturated carbocycles. The van der Waals surface area contributed by atoms with Gasteiger partial charge in [0.15, 0.2) is 5.78 Å². The summed E-state index contributed by atoms with van der Waals surface area (Å²) in [4.78, 5) is 11.8. The lowest BCUT2D eigenvalue weighted by Gasteiger charge is -2.07. The second-order valence-electron chi connectivity index (χ2n) is 5.18. The first-order valence-corrected chi connectivity index (χ1v) is 8.05. The standard InChI is InChI=1S/C16H15FN4OS/c1-3-21-8-13(18-20-21)6-11-9-23-19-16(11)14-5-4-12(17)7-15(14)10(2)22/h4-5,7-9H,3,6H2,1-2H3. The summed E-state index contributed by atoms with van der Waals surface area (Å²) < 4.78 is 19.6. The van der Waals surface area contributed by atoms with Crippen LogP contribution in [0.4, 0.5) is 4.39 Å². The Balaban J connectivity index is 1.99. The summed E-state index contributed by atoms with van der Waals surface area (Å²) in [6, 6.07) is 4.21. The molecular formula is C16H15FN4OS. The number of hydrogen-bond acceptors (Lipinski definition) is 5. The van der Waals surface area contributed by atoms with Gasteiger partial charge < -0.3 is 0 Å². The number of hydrogen-bond donors (Lipinski definition) is 0. The Morgan fingerprint density at radius 3 is 2.91 bits per heavy atom. The van der Waals surface area contributed by atoms with Crippen LogP contribution in [0, 0.1) is 5.82 Å². The average molecular weight is 330 g/mol. The van der Waals surface area contributed by atoms with Crippen LogP contribution in [0.3, 0.4) is 0 Å². The van der Waals surface area contributed by atoms with Gasteiger partial charge in [-0.1, -0.05) is 5.21 Å². The van der Waals surface area contributed by atoms with Crippen molar-refractivity contribution in [3.05, 3.63) is 52.4 Å². The average Bonchev–Trinajstić information content (AvgIpc) is 3.17. The topological polar surface area (TPSA) is 60.7 Å². The lowest BCUT2D eigenvalue weighted by Crippen LogP contribution is -1.99. The summed E-state index contributed by atoms with van der Waals surface area (Å²) in [5.74, 6) is -0.614. The number of carbonyl (C=O) groups is 1. The smallest absolute Gasteiger partial charge is 0.160 e. The zero-order valence-corrected chi connectivity index (χ0v) is 13.6. The Kier molecular flexibility index (Phi) is 4.29. The van der Waals surface area contributed by atoms with Crippen LogP contribution in [0.25, 0.3) is 11.3 Å². The Labute approximate surface area is 136 Å². The molecule has 0 N–H and O–H groups in total. The molecule has 0 aliphatic heterocycles. The van der Waals surface area contributed by atoms with Gasteiger partial charge in [0.05, 0.1) is 11.4 Å². The number of benzene rings is 1. The molecule has 0 radical (unpaired) electrons. The van der Waals surface area contributed by atoms with Crippen molar-refractivity contribution < 1.29 is 9.18 Å². The molecule has 0 fully saturated rings. The highest BCUT2D eigenvalue weighted by Crippen LogP contribution is 2.29. The predicted molar refractivity (Wildman–Crippen MR) is 86.0 cm³/mol. The summed E-state index contributed by atoms with van der Waals surface area (Å²) in [5.41, 5.74) is 3.48. The van der Waals surface area contributed by atoms with Crippen molar-refractivity contribution in [3.63, 3.8) is 0 Å². The van der Waals surface area contributed by atoms with Crippen molar-refractivity contribution in [2.75, 3.05) is 0 Å². The SMILES string of the molecule is CCn1cc(Cc2csnc2-c2ccc(F)cc2C(C)=O)nn1. The third-order valence-electron chi connectivity index (χ3n) is 3.54. The number of nitrogens with zero attached hydrogens (tertiary/aromatic N) is 4. The minimum Gasteiger partial charge on any atom is -0.294 e. The Hall–Kier alpha value is -2.41. The van der Waals surface area contributed by atoms with Gasteiger partial charge in [0.1, 0.15) is 5.82 Å². The fourth-order valence-corrected chi connectivity index (χ4v) is 3.08. The van der Waals surface area contributed by atoms with Crippen molar-refractivity contribution in [2.45, 2.75) is 26.8 Å². The van der Waals surface area contributed by atoms with Crippen molar-refractivity contribution in [2.24, 2.45) is 0 Å². The van der Waals surface area contributed by atoms with Crippen LogP contribution in [0.15, 0.2) is 29.8 Å². The van der Waals surface area contributed by atoms with Crippen LogP contribution in [0.2, 0.25) is 0 Å². The molecule has 3 aromatic rings. The quantitative estimate of drug-likeness (QED) is 0.673. The molecule has 0 aliphatic carbocycles. The largest absolute Gasteiger partial charge is 0.294 e. The molecule has 0 saturated heterocycles. The Morgan fingerprint density at radius 2 is 2.22 bits per heavy atom. The predicted octanol–water partition coefficient (Wildman–Crippen LogP) is 3.35. The molecule has 0 atom stereocenters. The molecule has 0 bridgehead atoms. The third-order valence-corrected chi connectivity index (χ3v) is 4.22. The molecule has 23 heavy (non-hydrogen) atoms. The van der Waals surface area contributed by atoms with Crippen LogP contribution in [0.5, 0.6) is 0 Å². The van der Waals surface area contributed by atoms with E-state index in [0.717, 1.165) is 17.8 Å². The fraction of sp³-hybridized carbons (Fsp3) is 0.250. The Morgan fingerprint density at radius 1 is 1.39 bits per heavy atom. The van der Waals surface area contributed by atoms with Gasteiger partial charge in [0.2, 0.25) is 0 Å². The summed E-state index contributed by atoms with van der Waals surface area (Å²) >= 11 is 1.31. The van der Waals surface area contributed by atoms with Crippen LogP contribution >= 0.6 is 11.5 Å². The first kappa shape index (κ1) is 15.5. The molecule has 0 aliphatic rings. The van der Waals surface area contributed by atoms with Gasteiger partial charge in [-0.25, -0.2) is 4.39 Å². The van der Waals surface area contributed by atoms with Crippen LogP contribution in [-0.2, 0) is 13.0 Å². The summed E-state index contributed by atoms with van der Waals surface area (Å²) in [5, 5.41) is 10.1. The van der Waals surface area contributed by atoms with E-state index in [-0.39, 0.29) is 5.78 Å². The highest BCUT2D eigenvalue weighted by Gasteiger charge is 2.17. The van der Waals surface area contributed by atoms with Gasteiger partial charge in [0, 0.05) is 35.7 Å². The van der Waals surface area contributed by atoms with Crippen LogP contribution < -0.4 is 0 Å². The van der Waals surface area contributed by atoms with E-state index in [1.165, 1.54) is 30.6 Å². The number of carbonyl (C=O) groups excluding carboxylic acids is 1. The maximum Gasteiger partial charge on any atom is 0.160 e. The molecule has 5 nitrogen and oxygen atoms in total. The zero-order chi connectivity index (χ0) is 16.4. The highest BCUT2D eigenvalue weighted by atomic mass is 32.1.